The number of ether oxygens (including phenoxy) is 1. The zero-order valence-electron chi connectivity index (χ0n) is 18.3. The lowest BCUT2D eigenvalue weighted by Crippen LogP contribution is -2.22. The quantitative estimate of drug-likeness (QED) is 0.274. The number of carbonyl (C=O) groups is 1. The van der Waals surface area contributed by atoms with Crippen LogP contribution in [-0.2, 0) is 16.0 Å². The van der Waals surface area contributed by atoms with E-state index in [1.54, 1.807) is 36.5 Å². The van der Waals surface area contributed by atoms with Gasteiger partial charge in [-0.2, -0.15) is 0 Å². The molecule has 0 amide bonds. The monoisotopic (exact) mass is 471 g/mol. The van der Waals surface area contributed by atoms with Crippen molar-refractivity contribution in [2.45, 2.75) is 6.92 Å². The number of pyridine rings is 2. The average Bonchev–Trinajstić information content (AvgIpc) is 2.84. The minimum Gasteiger partial charge on any atom is -0.755 e. The number of aryl methyl sites for hydroxylation is 1. The first-order valence-corrected chi connectivity index (χ1v) is 11.1. The fraction of sp³-hybridized carbons (Fsp3) is 0.0800. The van der Waals surface area contributed by atoms with E-state index in [-0.39, 0.29) is 11.4 Å². The number of benzene rings is 2. The summed E-state index contributed by atoms with van der Waals surface area (Å²) in [4.78, 5) is 20.1. The molecule has 2 aromatic heterocycles. The highest BCUT2D eigenvalue weighted by Crippen LogP contribution is 2.36. The van der Waals surface area contributed by atoms with E-state index in [9.17, 15) is 13.6 Å². The first-order valence-electron chi connectivity index (χ1n) is 10.1. The molecule has 0 bridgehead atoms. The SMILES string of the molecule is COC(=O)c1ncc(C#Cc2ccccc2N(c2c(C)ccc3cccnc23)S(=O)[O-])cc1N. The third kappa shape index (κ3) is 4.45. The Morgan fingerprint density at radius 3 is 2.65 bits per heavy atom. The standard InChI is InChI=1S/C25H20N4O4S/c1-16-9-11-19-7-5-13-27-22(19)24(16)29(34(31)32)21-8-4-3-6-18(21)12-10-17-14-20(26)23(28-15-17)25(30)33-2/h3-9,11,13-15H,26H2,1-2H3,(H,31,32)/p-1. The summed E-state index contributed by atoms with van der Waals surface area (Å²) in [6.07, 6.45) is 3.03. The summed E-state index contributed by atoms with van der Waals surface area (Å²) in [5.41, 5.74) is 9.09. The lowest BCUT2D eigenvalue weighted by molar-refractivity contribution is 0.0595. The predicted molar refractivity (Wildman–Crippen MR) is 130 cm³/mol. The number of aromatic nitrogens is 2. The number of methoxy groups -OCH3 is 1. The molecule has 0 aliphatic carbocycles. The number of nitrogens with zero attached hydrogens (tertiary/aromatic N) is 3. The van der Waals surface area contributed by atoms with E-state index in [1.165, 1.54) is 23.7 Å². The van der Waals surface area contributed by atoms with Crippen molar-refractivity contribution in [3.05, 3.63) is 89.4 Å². The molecule has 1 atom stereocenters. The molecule has 2 aromatic carbocycles. The van der Waals surface area contributed by atoms with Crippen LogP contribution in [0.15, 0.2) is 67.0 Å². The molecule has 2 heterocycles. The van der Waals surface area contributed by atoms with Gasteiger partial charge in [0.05, 0.1) is 41.0 Å². The van der Waals surface area contributed by atoms with Crippen LogP contribution in [0.4, 0.5) is 17.1 Å². The zero-order valence-corrected chi connectivity index (χ0v) is 19.1. The lowest BCUT2D eigenvalue weighted by atomic mass is 10.1. The normalized spacial score (nSPS) is 11.4. The molecule has 0 aliphatic rings. The number of rotatable bonds is 4. The maximum Gasteiger partial charge on any atom is 0.358 e. The predicted octanol–water partition coefficient (Wildman–Crippen LogP) is 3.64. The summed E-state index contributed by atoms with van der Waals surface area (Å²) in [6.45, 7) is 1.83. The van der Waals surface area contributed by atoms with E-state index in [0.29, 0.717) is 28.0 Å². The lowest BCUT2D eigenvalue weighted by Gasteiger charge is -2.29. The zero-order chi connectivity index (χ0) is 24.2. The van der Waals surface area contributed by atoms with Crippen LogP contribution in [0.5, 0.6) is 0 Å². The molecule has 1 unspecified atom stereocenters. The Kier molecular flexibility index (Phi) is 6.54. The van der Waals surface area contributed by atoms with Crippen LogP contribution in [0.3, 0.4) is 0 Å². The number of hydrogen-bond acceptors (Lipinski definition) is 7. The average molecular weight is 472 g/mol. The highest BCUT2D eigenvalue weighted by atomic mass is 32.2. The van der Waals surface area contributed by atoms with Gasteiger partial charge in [-0.15, -0.1) is 0 Å². The summed E-state index contributed by atoms with van der Waals surface area (Å²) in [7, 11) is 1.24. The Morgan fingerprint density at radius 2 is 1.91 bits per heavy atom. The third-order valence-electron chi connectivity index (χ3n) is 5.06. The summed E-state index contributed by atoms with van der Waals surface area (Å²) < 4.78 is 30.8. The summed E-state index contributed by atoms with van der Waals surface area (Å²) in [5, 5.41) is 0.814. The van der Waals surface area contributed by atoms with Gasteiger partial charge in [0, 0.05) is 28.9 Å². The van der Waals surface area contributed by atoms with Crippen molar-refractivity contribution >= 4 is 45.2 Å². The maximum absolute atomic E-state index is 12.5. The number of nitrogen functional groups attached to an aromatic ring is 1. The van der Waals surface area contributed by atoms with E-state index in [0.717, 1.165) is 10.9 Å². The summed E-state index contributed by atoms with van der Waals surface area (Å²) >= 11 is -2.65. The second kappa shape index (κ2) is 9.70. The van der Waals surface area contributed by atoms with Gasteiger partial charge in [0.2, 0.25) is 0 Å². The molecule has 34 heavy (non-hydrogen) atoms. The first kappa shape index (κ1) is 22.9. The first-order chi connectivity index (χ1) is 16.4. The van der Waals surface area contributed by atoms with Gasteiger partial charge in [0.1, 0.15) is 0 Å². The number of para-hydroxylation sites is 1. The van der Waals surface area contributed by atoms with Gasteiger partial charge in [-0.05, 0) is 36.8 Å². The van der Waals surface area contributed by atoms with Crippen molar-refractivity contribution in [2.75, 3.05) is 17.1 Å². The van der Waals surface area contributed by atoms with Gasteiger partial charge in [-0.1, -0.05) is 42.2 Å². The van der Waals surface area contributed by atoms with E-state index < -0.39 is 17.2 Å². The smallest absolute Gasteiger partial charge is 0.358 e. The van der Waals surface area contributed by atoms with Crippen LogP contribution in [0.2, 0.25) is 0 Å². The molecule has 0 saturated heterocycles. The van der Waals surface area contributed by atoms with Crippen molar-refractivity contribution in [3.8, 4) is 11.8 Å². The molecule has 4 rings (SSSR count). The van der Waals surface area contributed by atoms with Crippen LogP contribution in [0.1, 0.15) is 27.2 Å². The molecular formula is C25H19N4O4S-. The number of nitrogens with two attached hydrogens (primary N) is 1. The Bertz CT molecular complexity index is 1490. The highest BCUT2D eigenvalue weighted by molar-refractivity contribution is 7.81. The molecule has 0 saturated carbocycles. The Balaban J connectivity index is 1.82. The van der Waals surface area contributed by atoms with Crippen LogP contribution in [0.25, 0.3) is 10.9 Å². The van der Waals surface area contributed by atoms with Crippen LogP contribution in [0, 0.1) is 18.8 Å². The van der Waals surface area contributed by atoms with Crippen LogP contribution in [-0.4, -0.2) is 31.8 Å². The highest BCUT2D eigenvalue weighted by Gasteiger charge is 2.19. The molecule has 4 aromatic rings. The fourth-order valence-corrected chi connectivity index (χ4v) is 4.17. The van der Waals surface area contributed by atoms with Crippen molar-refractivity contribution in [1.29, 1.82) is 0 Å². The third-order valence-corrected chi connectivity index (χ3v) is 5.74. The van der Waals surface area contributed by atoms with Gasteiger partial charge < -0.3 is 15.0 Å². The fourth-order valence-electron chi connectivity index (χ4n) is 3.48. The van der Waals surface area contributed by atoms with E-state index in [1.807, 2.05) is 25.1 Å². The number of anilines is 3. The van der Waals surface area contributed by atoms with E-state index in [2.05, 4.69) is 26.5 Å². The van der Waals surface area contributed by atoms with Crippen molar-refractivity contribution in [2.24, 2.45) is 0 Å². The Morgan fingerprint density at radius 1 is 1.12 bits per heavy atom. The minimum absolute atomic E-state index is 0.000285. The molecular weight excluding hydrogens is 452 g/mol. The molecule has 170 valence electrons. The molecule has 0 aliphatic heterocycles. The van der Waals surface area contributed by atoms with Crippen LogP contribution < -0.4 is 10.0 Å². The van der Waals surface area contributed by atoms with Gasteiger partial charge in [0.25, 0.3) is 0 Å². The molecule has 0 spiro atoms. The van der Waals surface area contributed by atoms with Crippen molar-refractivity contribution in [3.63, 3.8) is 0 Å². The van der Waals surface area contributed by atoms with Gasteiger partial charge in [-0.25, -0.2) is 9.78 Å². The van der Waals surface area contributed by atoms with Gasteiger partial charge in [0.15, 0.2) is 5.69 Å². The van der Waals surface area contributed by atoms with E-state index >= 15 is 0 Å². The van der Waals surface area contributed by atoms with E-state index in [4.69, 9.17) is 5.73 Å². The Hall–Kier alpha value is -4.26. The minimum atomic E-state index is -2.65. The van der Waals surface area contributed by atoms with Gasteiger partial charge >= 0.3 is 5.97 Å². The molecule has 8 nitrogen and oxygen atoms in total. The number of hydrogen-bond donors (Lipinski definition) is 1. The second-order valence-electron chi connectivity index (χ2n) is 7.24. The number of carbonyl (C=O) groups excluding carboxylic acids is 1. The molecule has 0 fully saturated rings. The van der Waals surface area contributed by atoms with Crippen LogP contribution >= 0.6 is 0 Å². The van der Waals surface area contributed by atoms with Gasteiger partial charge in [-0.3, -0.25) is 13.5 Å². The second-order valence-corrected chi connectivity index (χ2v) is 8.04. The number of esters is 1. The summed E-state index contributed by atoms with van der Waals surface area (Å²) in [5.74, 6) is 5.29. The molecule has 9 heteroatoms. The maximum atomic E-state index is 12.5. The van der Waals surface area contributed by atoms with Crippen molar-refractivity contribution < 1.29 is 18.3 Å². The molecule has 0 radical (unpaired) electrons. The number of fused-ring (bicyclic) bond motifs is 1. The van der Waals surface area contributed by atoms with Crippen molar-refractivity contribution in [1.82, 2.24) is 9.97 Å². The molecule has 2 N–H and O–H groups in total. The Labute approximate surface area is 198 Å². The summed E-state index contributed by atoms with van der Waals surface area (Å²) in [6, 6.07) is 15.8. The topological polar surface area (TPSA) is 121 Å². The largest absolute Gasteiger partial charge is 0.755 e.